The van der Waals surface area contributed by atoms with E-state index in [0.717, 1.165) is 78.9 Å². The van der Waals surface area contributed by atoms with Crippen molar-refractivity contribution < 1.29 is 14.3 Å². The third-order valence-corrected chi connectivity index (χ3v) is 5.81. The smallest absolute Gasteiger partial charge is 0.225 e. The standard InChI is InChI=1S/C23H25N3O3/c1-15-3-7-19-21(13-15)29-20-8-6-17(28-2)14-18(20)22(24-19)25-9-11-26(12-10-25)23(27)16-4-5-16/h3,6-8,13-14,16H,4-5,9-12H2,1-2H3. The Morgan fingerprint density at radius 3 is 2.59 bits per heavy atom. The molecule has 2 aliphatic heterocycles. The Bertz CT molecular complexity index is 989. The lowest BCUT2D eigenvalue weighted by atomic mass is 10.1. The number of amidine groups is 1. The summed E-state index contributed by atoms with van der Waals surface area (Å²) in [4.78, 5) is 21.7. The van der Waals surface area contributed by atoms with Crippen LogP contribution in [0.15, 0.2) is 41.4 Å². The zero-order valence-corrected chi connectivity index (χ0v) is 16.9. The summed E-state index contributed by atoms with van der Waals surface area (Å²) < 4.78 is 11.7. The van der Waals surface area contributed by atoms with E-state index < -0.39 is 0 Å². The summed E-state index contributed by atoms with van der Waals surface area (Å²) in [6.45, 7) is 5.03. The molecule has 3 aliphatic rings. The van der Waals surface area contributed by atoms with Crippen LogP contribution < -0.4 is 9.47 Å². The van der Waals surface area contributed by atoms with E-state index in [-0.39, 0.29) is 5.92 Å². The second-order valence-corrected chi connectivity index (χ2v) is 7.96. The number of benzene rings is 2. The van der Waals surface area contributed by atoms with Gasteiger partial charge >= 0.3 is 0 Å². The van der Waals surface area contributed by atoms with Gasteiger partial charge in [0, 0.05) is 32.1 Å². The first-order chi connectivity index (χ1) is 14.1. The van der Waals surface area contributed by atoms with E-state index in [1.807, 2.05) is 48.2 Å². The summed E-state index contributed by atoms with van der Waals surface area (Å²) in [7, 11) is 1.66. The van der Waals surface area contributed by atoms with Gasteiger partial charge in [0.1, 0.15) is 23.0 Å². The molecule has 6 nitrogen and oxygen atoms in total. The number of hydrogen-bond donors (Lipinski definition) is 0. The van der Waals surface area contributed by atoms with Crippen LogP contribution in [0.2, 0.25) is 0 Å². The molecule has 2 aromatic carbocycles. The van der Waals surface area contributed by atoms with Gasteiger partial charge in [0.25, 0.3) is 0 Å². The molecule has 6 heteroatoms. The fourth-order valence-corrected chi connectivity index (χ4v) is 3.96. The highest BCUT2D eigenvalue weighted by molar-refractivity contribution is 6.04. The Hall–Kier alpha value is -3.02. The number of carbonyl (C=O) groups excluding carboxylic acids is 1. The van der Waals surface area contributed by atoms with E-state index in [1.165, 1.54) is 0 Å². The van der Waals surface area contributed by atoms with E-state index in [9.17, 15) is 4.79 Å². The van der Waals surface area contributed by atoms with Crippen molar-refractivity contribution in [3.63, 3.8) is 0 Å². The van der Waals surface area contributed by atoms with Crippen LogP contribution in [-0.4, -0.2) is 54.8 Å². The van der Waals surface area contributed by atoms with Crippen molar-refractivity contribution in [3.05, 3.63) is 47.5 Å². The summed E-state index contributed by atoms with van der Waals surface area (Å²) in [6, 6.07) is 11.9. The third-order valence-electron chi connectivity index (χ3n) is 5.81. The van der Waals surface area contributed by atoms with Gasteiger partial charge in [0.2, 0.25) is 5.91 Å². The van der Waals surface area contributed by atoms with Crippen molar-refractivity contribution in [2.24, 2.45) is 10.9 Å². The summed E-state index contributed by atoms with van der Waals surface area (Å²) in [6.07, 6.45) is 2.10. The maximum absolute atomic E-state index is 12.4. The van der Waals surface area contributed by atoms with Gasteiger partial charge in [0.15, 0.2) is 5.75 Å². The first-order valence-electron chi connectivity index (χ1n) is 10.2. The van der Waals surface area contributed by atoms with Crippen molar-refractivity contribution in [2.75, 3.05) is 33.3 Å². The number of nitrogens with zero attached hydrogens (tertiary/aromatic N) is 3. The zero-order valence-electron chi connectivity index (χ0n) is 16.9. The van der Waals surface area contributed by atoms with Crippen LogP contribution in [0.25, 0.3) is 0 Å². The largest absolute Gasteiger partial charge is 0.497 e. The molecular weight excluding hydrogens is 366 g/mol. The molecule has 0 aromatic heterocycles. The molecule has 0 bridgehead atoms. The van der Waals surface area contributed by atoms with Crippen LogP contribution >= 0.6 is 0 Å². The van der Waals surface area contributed by atoms with E-state index in [2.05, 4.69) is 4.90 Å². The summed E-state index contributed by atoms with van der Waals surface area (Å²) in [5, 5.41) is 0. The van der Waals surface area contributed by atoms with E-state index >= 15 is 0 Å². The van der Waals surface area contributed by atoms with E-state index in [4.69, 9.17) is 14.5 Å². The van der Waals surface area contributed by atoms with Crippen molar-refractivity contribution in [2.45, 2.75) is 19.8 Å². The molecule has 2 aromatic rings. The van der Waals surface area contributed by atoms with Crippen molar-refractivity contribution in [1.82, 2.24) is 9.80 Å². The molecule has 0 radical (unpaired) electrons. The number of methoxy groups -OCH3 is 1. The van der Waals surface area contributed by atoms with Gasteiger partial charge in [-0.25, -0.2) is 4.99 Å². The highest BCUT2D eigenvalue weighted by Crippen LogP contribution is 2.40. The number of ether oxygens (including phenoxy) is 2. The number of rotatable bonds is 2. The molecule has 1 amide bonds. The Balaban J connectivity index is 1.50. The Kier molecular flexibility index (Phi) is 4.42. The first-order valence-corrected chi connectivity index (χ1v) is 10.2. The summed E-state index contributed by atoms with van der Waals surface area (Å²) >= 11 is 0. The van der Waals surface area contributed by atoms with Gasteiger partial charge in [-0.3, -0.25) is 4.79 Å². The Morgan fingerprint density at radius 2 is 1.86 bits per heavy atom. The molecule has 1 saturated carbocycles. The molecule has 2 heterocycles. The normalized spacial score (nSPS) is 18.2. The number of hydrogen-bond acceptors (Lipinski definition) is 5. The fourth-order valence-electron chi connectivity index (χ4n) is 3.96. The molecule has 1 aliphatic carbocycles. The lowest BCUT2D eigenvalue weighted by Gasteiger charge is -2.36. The van der Waals surface area contributed by atoms with Crippen molar-refractivity contribution >= 4 is 17.4 Å². The van der Waals surface area contributed by atoms with Crippen LogP contribution in [0, 0.1) is 12.8 Å². The van der Waals surface area contributed by atoms with Crippen LogP contribution in [0.3, 0.4) is 0 Å². The number of carbonyl (C=O) groups is 1. The molecule has 0 unspecified atom stereocenters. The molecule has 5 rings (SSSR count). The Labute approximate surface area is 170 Å². The molecule has 0 N–H and O–H groups in total. The van der Waals surface area contributed by atoms with Crippen LogP contribution in [-0.2, 0) is 4.79 Å². The van der Waals surface area contributed by atoms with Crippen LogP contribution in [0.5, 0.6) is 17.2 Å². The highest BCUT2D eigenvalue weighted by Gasteiger charge is 2.35. The number of piperazine rings is 1. The minimum atomic E-state index is 0.269. The lowest BCUT2D eigenvalue weighted by Crippen LogP contribution is -2.51. The second kappa shape index (κ2) is 7.10. The number of amides is 1. The van der Waals surface area contributed by atoms with Gasteiger partial charge in [0.05, 0.1) is 12.7 Å². The Morgan fingerprint density at radius 1 is 1.07 bits per heavy atom. The molecule has 150 valence electrons. The summed E-state index contributed by atoms with van der Waals surface area (Å²) in [5.41, 5.74) is 2.86. The number of fused-ring (bicyclic) bond motifs is 2. The average molecular weight is 391 g/mol. The van der Waals surface area contributed by atoms with Gasteiger partial charge in [-0.1, -0.05) is 6.07 Å². The minimum absolute atomic E-state index is 0.269. The number of aryl methyl sites for hydroxylation is 1. The zero-order chi connectivity index (χ0) is 20.0. The molecule has 0 spiro atoms. The monoisotopic (exact) mass is 391 g/mol. The first kappa shape index (κ1) is 18.0. The van der Waals surface area contributed by atoms with Gasteiger partial charge in [-0.15, -0.1) is 0 Å². The average Bonchev–Trinajstić information content (AvgIpc) is 3.59. The fraction of sp³-hybridized carbons (Fsp3) is 0.391. The molecule has 0 atom stereocenters. The molecule has 1 saturated heterocycles. The minimum Gasteiger partial charge on any atom is -0.497 e. The van der Waals surface area contributed by atoms with Crippen molar-refractivity contribution in [1.29, 1.82) is 0 Å². The van der Waals surface area contributed by atoms with E-state index in [1.54, 1.807) is 7.11 Å². The maximum Gasteiger partial charge on any atom is 0.225 e. The van der Waals surface area contributed by atoms with Gasteiger partial charge in [-0.05, 0) is 55.7 Å². The number of aliphatic imine (C=N–C) groups is 1. The predicted molar refractivity (Wildman–Crippen MR) is 111 cm³/mol. The molecule has 2 fully saturated rings. The van der Waals surface area contributed by atoms with Crippen LogP contribution in [0.1, 0.15) is 24.0 Å². The molecular formula is C23H25N3O3. The van der Waals surface area contributed by atoms with Gasteiger partial charge < -0.3 is 19.3 Å². The predicted octanol–water partition coefficient (Wildman–Crippen LogP) is 3.74. The topological polar surface area (TPSA) is 54.4 Å². The second-order valence-electron chi connectivity index (χ2n) is 7.96. The van der Waals surface area contributed by atoms with Crippen LogP contribution in [0.4, 0.5) is 5.69 Å². The molecule has 29 heavy (non-hydrogen) atoms. The maximum atomic E-state index is 12.4. The van der Waals surface area contributed by atoms with Gasteiger partial charge in [-0.2, -0.15) is 0 Å². The SMILES string of the molecule is COc1ccc2c(c1)C(N1CCN(C(=O)C3CC3)CC1)=Nc1ccc(C)cc1O2. The third kappa shape index (κ3) is 3.43. The van der Waals surface area contributed by atoms with Crippen molar-refractivity contribution in [3.8, 4) is 17.2 Å². The highest BCUT2D eigenvalue weighted by atomic mass is 16.5. The summed E-state index contributed by atoms with van der Waals surface area (Å²) in [5.74, 6) is 3.76. The lowest BCUT2D eigenvalue weighted by molar-refractivity contribution is -0.133. The quantitative estimate of drug-likeness (QED) is 0.783. The van der Waals surface area contributed by atoms with E-state index in [0.29, 0.717) is 5.91 Å².